The number of aromatic hydroxyl groups is 1. The van der Waals surface area contributed by atoms with E-state index in [9.17, 15) is 19.8 Å². The average Bonchev–Trinajstić information content (AvgIpc) is 3.85. The van der Waals surface area contributed by atoms with Gasteiger partial charge in [-0.05, 0) is 68.7 Å². The van der Waals surface area contributed by atoms with Crippen molar-refractivity contribution in [2.45, 2.75) is 94.2 Å². The molecule has 15 nitrogen and oxygen atoms in total. The molecule has 3 aromatic carbocycles. The van der Waals surface area contributed by atoms with E-state index in [2.05, 4.69) is 15.2 Å². The Morgan fingerprint density at radius 3 is 2.58 bits per heavy atom. The number of aromatic nitrogens is 1. The summed E-state index contributed by atoms with van der Waals surface area (Å²) in [6.45, 7) is 6.21. The number of fused-ring (bicyclic) bond motifs is 12. The number of aliphatic hydroxyl groups is 1. The second kappa shape index (κ2) is 14.3. The number of hydrogen-bond acceptors (Lipinski definition) is 15. The predicted octanol–water partition coefficient (Wildman–Crippen LogP) is 4.50. The fourth-order valence-electron chi connectivity index (χ4n) is 11.1. The topological polar surface area (TPSA) is 181 Å². The van der Waals surface area contributed by atoms with Crippen LogP contribution < -0.4 is 24.3 Å². The molecule has 0 unspecified atom stereocenters. The third kappa shape index (κ3) is 5.60. The minimum absolute atomic E-state index is 0.0404. The third-order valence-electron chi connectivity index (χ3n) is 13.5. The number of phenolic OH excluding ortho intramolecular Hbond substituents is 1. The van der Waals surface area contributed by atoms with Gasteiger partial charge in [0.25, 0.3) is 0 Å². The van der Waals surface area contributed by atoms with Gasteiger partial charge < -0.3 is 43.6 Å². The van der Waals surface area contributed by atoms with Crippen molar-refractivity contribution in [3.63, 3.8) is 0 Å². The van der Waals surface area contributed by atoms with E-state index in [1.165, 1.54) is 21.0 Å². The molecule has 8 atom stereocenters. The number of nitrogens with one attached hydrogen (secondary N) is 2. The maximum absolute atomic E-state index is 15.2. The van der Waals surface area contributed by atoms with Crippen LogP contribution in [0.5, 0.6) is 28.7 Å². The van der Waals surface area contributed by atoms with Crippen molar-refractivity contribution in [2.75, 3.05) is 39.9 Å². The zero-order chi connectivity index (χ0) is 41.9. The van der Waals surface area contributed by atoms with Crippen LogP contribution in [0.2, 0.25) is 0 Å². The molecule has 11 rings (SSSR count). The molecule has 0 radical (unpaired) electrons. The first-order valence-corrected chi connectivity index (χ1v) is 21.4. The van der Waals surface area contributed by atoms with Crippen molar-refractivity contribution < 1.29 is 53.0 Å². The molecule has 7 aliphatic heterocycles. The number of carbonyl (C=O) groups excluding carboxylic acids is 3. The van der Waals surface area contributed by atoms with Gasteiger partial charge in [-0.1, -0.05) is 24.3 Å². The summed E-state index contributed by atoms with van der Waals surface area (Å²) in [6.07, 6.45) is 0.125. The van der Waals surface area contributed by atoms with E-state index in [1.54, 1.807) is 11.8 Å². The molecule has 4 N–H and O–H groups in total. The van der Waals surface area contributed by atoms with Gasteiger partial charge in [-0.15, -0.1) is 0 Å². The number of aliphatic hydroxyl groups excluding tert-OH is 1. The van der Waals surface area contributed by atoms with E-state index >= 15 is 4.79 Å². The number of hydrogen-bond donors (Lipinski definition) is 4. The molecule has 2 fully saturated rings. The number of likely N-dealkylation sites (N-methyl/N-ethyl adjacent to an activating group) is 1. The van der Waals surface area contributed by atoms with Crippen LogP contribution in [0.25, 0.3) is 10.9 Å². The van der Waals surface area contributed by atoms with E-state index in [1.807, 2.05) is 56.1 Å². The summed E-state index contributed by atoms with van der Waals surface area (Å²) in [5.74, 6) is 0.527. The maximum Gasteiger partial charge on any atom is 0.332 e. The third-order valence-corrected chi connectivity index (χ3v) is 14.8. The van der Waals surface area contributed by atoms with Crippen molar-refractivity contribution >= 4 is 40.6 Å². The first kappa shape index (κ1) is 39.2. The highest BCUT2D eigenvalue weighted by molar-refractivity contribution is 7.99. The van der Waals surface area contributed by atoms with E-state index in [0.29, 0.717) is 69.5 Å². The molecule has 0 amide bonds. The fourth-order valence-corrected chi connectivity index (χ4v) is 12.7. The first-order valence-electron chi connectivity index (χ1n) is 20.4. The standard InChI is InChI=1S/C44H48N4O11S/c1-19-13-23-14-28-42(52)48-29-17-56-43(53)44(41-26(15-24(46-44)16-55-21(3)49)25-9-7-8-10-27(25)45-41)11-12-60-40(34(48)33(47(28)5)30(23)35(51)36(19)54-6)32-31(29)39-38(57-18-58-39)20(2)37(32)59-22(4)50/h7-10,13,24,28-29,33-34,40,42,45-46,51-52H,11-12,14-18H2,1-6H3/t24-,28-,29-,33-,34+,40+,42-,44+/m0/s1. The number of piperazine rings is 1. The largest absolute Gasteiger partial charge is 0.504 e. The summed E-state index contributed by atoms with van der Waals surface area (Å²) in [6, 6.07) is 7.23. The molecular formula is C44H48N4O11S. The van der Waals surface area contributed by atoms with Crippen LogP contribution in [0.15, 0.2) is 30.3 Å². The molecule has 1 aromatic heterocycles. The Kier molecular flexibility index (Phi) is 9.33. The Balaban J connectivity index is 1.19. The number of aromatic amines is 1. The maximum atomic E-state index is 15.2. The number of para-hydroxylation sites is 1. The lowest BCUT2D eigenvalue weighted by Crippen LogP contribution is -2.69. The fraction of sp³-hybridized carbons (Fsp3) is 0.477. The van der Waals surface area contributed by atoms with Crippen LogP contribution in [0.1, 0.15) is 82.2 Å². The summed E-state index contributed by atoms with van der Waals surface area (Å²) in [5.41, 5.74) is 5.41. The van der Waals surface area contributed by atoms with Gasteiger partial charge in [0.1, 0.15) is 25.2 Å². The molecule has 0 aliphatic carbocycles. The number of nitrogens with zero attached hydrogens (tertiary/aromatic N) is 2. The molecule has 7 aliphatic rings. The van der Waals surface area contributed by atoms with Gasteiger partial charge in [-0.2, -0.15) is 11.8 Å². The van der Waals surface area contributed by atoms with E-state index in [4.69, 9.17) is 28.4 Å². The number of aryl methyl sites for hydroxylation is 1. The number of benzene rings is 3. The lowest BCUT2D eigenvalue weighted by molar-refractivity contribution is -0.186. The normalized spacial score (nSPS) is 29.2. The molecule has 2 saturated heterocycles. The Bertz CT molecular complexity index is 2490. The van der Waals surface area contributed by atoms with Crippen LogP contribution in [0.3, 0.4) is 0 Å². The van der Waals surface area contributed by atoms with Crippen molar-refractivity contribution in [2.24, 2.45) is 0 Å². The van der Waals surface area contributed by atoms with E-state index in [0.717, 1.165) is 27.6 Å². The number of ether oxygens (including phenoxy) is 6. The predicted molar refractivity (Wildman–Crippen MR) is 218 cm³/mol. The summed E-state index contributed by atoms with van der Waals surface area (Å²) >= 11 is 1.58. The zero-order valence-corrected chi connectivity index (χ0v) is 35.1. The average molecular weight is 841 g/mol. The van der Waals surface area contributed by atoms with Crippen LogP contribution in [0.4, 0.5) is 0 Å². The van der Waals surface area contributed by atoms with Gasteiger partial charge in [0.15, 0.2) is 28.5 Å². The Morgan fingerprint density at radius 1 is 1.03 bits per heavy atom. The van der Waals surface area contributed by atoms with Gasteiger partial charge in [0, 0.05) is 59.1 Å². The van der Waals surface area contributed by atoms with Crippen LogP contribution in [0, 0.1) is 13.8 Å². The van der Waals surface area contributed by atoms with Gasteiger partial charge in [0.05, 0.1) is 36.2 Å². The number of H-pyrrole nitrogens is 1. The second-order valence-electron chi connectivity index (χ2n) is 16.8. The van der Waals surface area contributed by atoms with Gasteiger partial charge in [0.2, 0.25) is 6.79 Å². The Labute approximate surface area is 350 Å². The summed E-state index contributed by atoms with van der Waals surface area (Å²) < 4.78 is 36.4. The first-order chi connectivity index (χ1) is 28.8. The second-order valence-corrected chi connectivity index (χ2v) is 18.0. The molecule has 60 heavy (non-hydrogen) atoms. The number of thioether (sulfide) groups is 1. The van der Waals surface area contributed by atoms with E-state index in [-0.39, 0.29) is 32.2 Å². The number of carbonyl (C=O) groups is 3. The highest BCUT2D eigenvalue weighted by atomic mass is 32.2. The van der Waals surface area contributed by atoms with Gasteiger partial charge >= 0.3 is 17.9 Å². The van der Waals surface area contributed by atoms with Crippen LogP contribution in [-0.4, -0.2) is 107 Å². The highest BCUT2D eigenvalue weighted by Crippen LogP contribution is 2.64. The zero-order valence-electron chi connectivity index (χ0n) is 34.2. The SMILES string of the molecule is COc1c(C)cc2c(c1O)[C@H]1[C@@H]3[C@@H]4SCC[C@]5(N[C@H](COC(C)=O)Cc6c5[nH]c5ccccc65)C(=O)OC[C@@H](c5c6c(c(C)c(OC(C)=O)c54)OCO6)N3[C@@H](O)[C@H](C2)N1C. The van der Waals surface area contributed by atoms with Crippen molar-refractivity contribution in [3.05, 3.63) is 75.0 Å². The highest BCUT2D eigenvalue weighted by Gasteiger charge is 2.61. The molecule has 8 heterocycles. The van der Waals surface area contributed by atoms with Crippen LogP contribution in [-0.2, 0) is 42.2 Å². The Hall–Kier alpha value is -5.00. The van der Waals surface area contributed by atoms with Crippen molar-refractivity contribution in [3.8, 4) is 28.7 Å². The molecular weight excluding hydrogens is 793 g/mol. The molecule has 316 valence electrons. The molecule has 4 bridgehead atoms. The number of phenols is 1. The monoisotopic (exact) mass is 840 g/mol. The molecule has 1 spiro atoms. The molecule has 0 saturated carbocycles. The van der Waals surface area contributed by atoms with Gasteiger partial charge in [-0.3, -0.25) is 24.7 Å². The smallest absolute Gasteiger partial charge is 0.332 e. The van der Waals surface area contributed by atoms with Crippen molar-refractivity contribution in [1.29, 1.82) is 0 Å². The van der Waals surface area contributed by atoms with Gasteiger partial charge in [-0.25, -0.2) is 4.79 Å². The molecule has 4 aromatic rings. The number of methoxy groups -OCH3 is 1. The lowest BCUT2D eigenvalue weighted by atomic mass is 9.73. The van der Waals surface area contributed by atoms with Crippen molar-refractivity contribution in [1.82, 2.24) is 20.1 Å². The van der Waals surface area contributed by atoms with Crippen LogP contribution >= 0.6 is 11.8 Å². The summed E-state index contributed by atoms with van der Waals surface area (Å²) in [7, 11) is 3.51. The number of esters is 3. The molecule has 16 heteroatoms. The minimum Gasteiger partial charge on any atom is -0.504 e. The number of rotatable bonds is 4. The quantitative estimate of drug-likeness (QED) is 0.167. The lowest BCUT2D eigenvalue weighted by Gasteiger charge is -2.61. The van der Waals surface area contributed by atoms with E-state index < -0.39 is 65.1 Å². The summed E-state index contributed by atoms with van der Waals surface area (Å²) in [5, 5.41) is 28.9. The summed E-state index contributed by atoms with van der Waals surface area (Å²) in [4.78, 5) is 48.1. The minimum atomic E-state index is -1.39. The Morgan fingerprint density at radius 2 is 1.82 bits per heavy atom.